The lowest BCUT2D eigenvalue weighted by atomic mass is 10.3. The molecule has 0 spiro atoms. The molecule has 2 rings (SSSR count). The number of imidazole rings is 1. The molecule has 0 fully saturated rings. The number of nitrogens with one attached hydrogen (secondary N) is 1. The fraction of sp³-hybridized carbons (Fsp3) is 0.500. The molecule has 2 N–H and O–H groups in total. The van der Waals surface area contributed by atoms with Gasteiger partial charge in [-0.05, 0) is 0 Å². The summed E-state index contributed by atoms with van der Waals surface area (Å²) in [6.07, 6.45) is 0.758. The quantitative estimate of drug-likeness (QED) is 0.503. The number of nitrogens with zero attached hydrogens (tertiary/aromatic N) is 4. The molecule has 0 amide bonds. The zero-order chi connectivity index (χ0) is 17.1. The van der Waals surface area contributed by atoms with E-state index in [1.807, 2.05) is 0 Å². The van der Waals surface area contributed by atoms with Crippen molar-refractivity contribution in [1.29, 1.82) is 0 Å². The highest BCUT2D eigenvalue weighted by Crippen LogP contribution is 2.18. The maximum Gasteiger partial charge on any atom is 0.329 e. The number of ether oxygens (including phenoxy) is 1. The number of aliphatic hydroxyl groups is 1. The van der Waals surface area contributed by atoms with E-state index in [2.05, 4.69) is 16.5 Å². The highest BCUT2D eigenvalue weighted by molar-refractivity contribution is 5.74. The zero-order valence-corrected chi connectivity index (χ0v) is 13.4. The van der Waals surface area contributed by atoms with Gasteiger partial charge in [-0.1, -0.05) is 6.08 Å². The van der Waals surface area contributed by atoms with Crippen molar-refractivity contribution >= 4 is 17.1 Å². The Morgan fingerprint density at radius 1 is 1.48 bits per heavy atom. The van der Waals surface area contributed by atoms with Crippen LogP contribution in [-0.4, -0.2) is 57.6 Å². The van der Waals surface area contributed by atoms with E-state index in [1.165, 1.54) is 11.6 Å². The van der Waals surface area contributed by atoms with E-state index in [0.717, 1.165) is 0 Å². The first kappa shape index (κ1) is 17.0. The van der Waals surface area contributed by atoms with Gasteiger partial charge in [0.25, 0.3) is 5.56 Å². The Bertz CT molecular complexity index is 817. The fourth-order valence-corrected chi connectivity index (χ4v) is 2.29. The van der Waals surface area contributed by atoms with Crippen molar-refractivity contribution in [2.45, 2.75) is 12.6 Å². The number of fused-ring (bicyclic) bond motifs is 1. The average Bonchev–Trinajstić information content (AvgIpc) is 2.85. The van der Waals surface area contributed by atoms with Gasteiger partial charge in [-0.25, -0.2) is 4.79 Å². The van der Waals surface area contributed by atoms with Crippen LogP contribution in [0.2, 0.25) is 0 Å². The van der Waals surface area contributed by atoms with Gasteiger partial charge in [0.05, 0.1) is 25.9 Å². The summed E-state index contributed by atoms with van der Waals surface area (Å²) < 4.78 is 8.07. The van der Waals surface area contributed by atoms with Crippen LogP contribution in [0, 0.1) is 0 Å². The molecule has 0 aliphatic carbocycles. The average molecular weight is 323 g/mol. The van der Waals surface area contributed by atoms with Crippen LogP contribution < -0.4 is 16.1 Å². The van der Waals surface area contributed by atoms with E-state index in [4.69, 9.17) is 4.74 Å². The molecule has 0 saturated heterocycles. The summed E-state index contributed by atoms with van der Waals surface area (Å²) in [6, 6.07) is 0. The number of hydrogen-bond acceptors (Lipinski definition) is 6. The van der Waals surface area contributed by atoms with Crippen molar-refractivity contribution in [3.8, 4) is 0 Å². The second-order valence-electron chi connectivity index (χ2n) is 5.39. The first-order chi connectivity index (χ1) is 10.9. The van der Waals surface area contributed by atoms with Crippen LogP contribution in [-0.2, 0) is 18.3 Å². The van der Waals surface area contributed by atoms with Gasteiger partial charge in [-0.15, -0.1) is 6.58 Å². The van der Waals surface area contributed by atoms with E-state index in [-0.39, 0.29) is 24.3 Å². The monoisotopic (exact) mass is 323 g/mol. The molecule has 0 aliphatic rings. The Balaban J connectivity index is 2.50. The lowest BCUT2D eigenvalue weighted by Crippen LogP contribution is -2.31. The molecule has 1 unspecified atom stereocenters. The van der Waals surface area contributed by atoms with Crippen LogP contribution in [0.3, 0.4) is 0 Å². The molecule has 2 aromatic rings. The molecule has 0 saturated carbocycles. The number of aliphatic hydroxyl groups excluding tert-OH is 1. The maximum absolute atomic E-state index is 12.2. The first-order valence-electron chi connectivity index (χ1n) is 7.10. The summed E-state index contributed by atoms with van der Waals surface area (Å²) in [4.78, 5) is 32.2. The summed E-state index contributed by atoms with van der Waals surface area (Å²) in [5.74, 6) is 0.467. The van der Waals surface area contributed by atoms with Gasteiger partial charge in [0, 0.05) is 21.1 Å². The van der Waals surface area contributed by atoms with Gasteiger partial charge in [0.1, 0.15) is 0 Å². The predicted molar refractivity (Wildman–Crippen MR) is 86.9 cm³/mol. The smallest absolute Gasteiger partial charge is 0.329 e. The van der Waals surface area contributed by atoms with Gasteiger partial charge in [-0.2, -0.15) is 4.98 Å². The zero-order valence-electron chi connectivity index (χ0n) is 13.4. The Kier molecular flexibility index (Phi) is 5.02. The van der Waals surface area contributed by atoms with Crippen LogP contribution >= 0.6 is 0 Å². The lowest BCUT2D eigenvalue weighted by Gasteiger charge is -2.17. The number of aromatic amines is 1. The molecule has 2 aromatic heterocycles. The highest BCUT2D eigenvalue weighted by Gasteiger charge is 2.20. The standard InChI is InChI=1S/C14H21N5O4/c1-5-6-23-8-9(20)7-19-10-11(15-13(19)17(2)3)18(4)14(22)16-12(10)21/h5,9,20H,1,6-8H2,2-4H3,(H,16,21,22). The lowest BCUT2D eigenvalue weighted by molar-refractivity contribution is 0.0404. The highest BCUT2D eigenvalue weighted by atomic mass is 16.5. The summed E-state index contributed by atoms with van der Waals surface area (Å²) in [6.45, 7) is 4.08. The number of rotatable bonds is 7. The van der Waals surface area contributed by atoms with Crippen LogP contribution in [0.15, 0.2) is 22.2 Å². The summed E-state index contributed by atoms with van der Waals surface area (Å²) in [5, 5.41) is 10.1. The van der Waals surface area contributed by atoms with Gasteiger partial charge in [-0.3, -0.25) is 14.3 Å². The fourth-order valence-electron chi connectivity index (χ4n) is 2.29. The number of aromatic nitrogens is 4. The third-order valence-corrected chi connectivity index (χ3v) is 3.33. The van der Waals surface area contributed by atoms with Crippen LogP contribution in [0.4, 0.5) is 5.95 Å². The molecule has 0 radical (unpaired) electrons. The topological polar surface area (TPSA) is 105 Å². The molecule has 0 aliphatic heterocycles. The molecule has 2 heterocycles. The van der Waals surface area contributed by atoms with Gasteiger partial charge >= 0.3 is 5.69 Å². The molecule has 126 valence electrons. The summed E-state index contributed by atoms with van der Waals surface area (Å²) in [7, 11) is 5.07. The minimum atomic E-state index is -0.831. The Labute approximate surface area is 132 Å². The third kappa shape index (κ3) is 3.35. The van der Waals surface area contributed by atoms with Gasteiger partial charge < -0.3 is 19.3 Å². The molecular weight excluding hydrogens is 302 g/mol. The Hall–Kier alpha value is -2.39. The second kappa shape index (κ2) is 6.80. The third-order valence-electron chi connectivity index (χ3n) is 3.33. The van der Waals surface area contributed by atoms with E-state index in [1.54, 1.807) is 29.6 Å². The number of aryl methyl sites for hydroxylation is 1. The molecule has 0 bridgehead atoms. The molecule has 23 heavy (non-hydrogen) atoms. The van der Waals surface area contributed by atoms with Crippen LogP contribution in [0.25, 0.3) is 11.2 Å². The number of anilines is 1. The van der Waals surface area contributed by atoms with Crippen molar-refractivity contribution < 1.29 is 9.84 Å². The van der Waals surface area contributed by atoms with Gasteiger partial charge in [0.15, 0.2) is 11.2 Å². The van der Waals surface area contributed by atoms with Crippen molar-refractivity contribution in [2.75, 3.05) is 32.2 Å². The van der Waals surface area contributed by atoms with E-state index in [9.17, 15) is 14.7 Å². The number of H-pyrrole nitrogens is 1. The normalized spacial score (nSPS) is 12.5. The minimum Gasteiger partial charge on any atom is -0.389 e. The first-order valence-corrected chi connectivity index (χ1v) is 7.10. The SMILES string of the molecule is C=CCOCC(O)Cn1c(N(C)C)nc2c1c(=O)[nH]c(=O)n2C. The molecule has 9 nitrogen and oxygen atoms in total. The van der Waals surface area contributed by atoms with Crippen molar-refractivity contribution in [2.24, 2.45) is 7.05 Å². The predicted octanol–water partition coefficient (Wildman–Crippen LogP) is -0.947. The molecule has 9 heteroatoms. The summed E-state index contributed by atoms with van der Waals surface area (Å²) >= 11 is 0. The van der Waals surface area contributed by atoms with Crippen LogP contribution in [0.1, 0.15) is 0 Å². The van der Waals surface area contributed by atoms with E-state index in [0.29, 0.717) is 12.6 Å². The molecule has 0 aromatic carbocycles. The minimum absolute atomic E-state index is 0.0994. The van der Waals surface area contributed by atoms with Gasteiger partial charge in [0.2, 0.25) is 5.95 Å². The Morgan fingerprint density at radius 2 is 2.17 bits per heavy atom. The Morgan fingerprint density at radius 3 is 2.78 bits per heavy atom. The maximum atomic E-state index is 12.2. The second-order valence-corrected chi connectivity index (χ2v) is 5.39. The van der Waals surface area contributed by atoms with Crippen molar-refractivity contribution in [3.05, 3.63) is 33.5 Å². The summed E-state index contributed by atoms with van der Waals surface area (Å²) in [5.41, 5.74) is -0.574. The van der Waals surface area contributed by atoms with E-state index < -0.39 is 17.4 Å². The number of hydrogen-bond donors (Lipinski definition) is 2. The van der Waals surface area contributed by atoms with Crippen molar-refractivity contribution in [3.63, 3.8) is 0 Å². The largest absolute Gasteiger partial charge is 0.389 e. The van der Waals surface area contributed by atoms with Crippen molar-refractivity contribution in [1.82, 2.24) is 19.1 Å². The van der Waals surface area contributed by atoms with Crippen LogP contribution in [0.5, 0.6) is 0 Å². The van der Waals surface area contributed by atoms with E-state index >= 15 is 0 Å². The molecular formula is C14H21N5O4. The molecule has 1 atom stereocenters.